The van der Waals surface area contributed by atoms with E-state index in [1.165, 1.54) is 16.7 Å². The Morgan fingerprint density at radius 2 is 1.91 bits per heavy atom. The van der Waals surface area contributed by atoms with E-state index in [0.717, 1.165) is 36.7 Å². The zero-order valence-corrected chi connectivity index (χ0v) is 19.5. The van der Waals surface area contributed by atoms with Crippen molar-refractivity contribution in [2.75, 3.05) is 40.0 Å². The molecule has 0 spiro atoms. The van der Waals surface area contributed by atoms with Crippen LogP contribution in [0, 0.1) is 12.8 Å². The van der Waals surface area contributed by atoms with Crippen LogP contribution in [0.5, 0.6) is 5.75 Å². The third kappa shape index (κ3) is 3.51. The molecule has 2 aromatic carbocycles. The Morgan fingerprint density at radius 3 is 2.62 bits per heavy atom. The molecule has 2 aromatic rings. The SMILES string of the molecule is COc1cc(C)ccc1C1CCC2(N3CCOCC3)C(=O)NCC2C1c1ccc(Cl)cc1. The lowest BCUT2D eigenvalue weighted by molar-refractivity contribution is -0.139. The number of fused-ring (bicyclic) bond motifs is 1. The standard InChI is InChI=1S/C26H31ClN2O3/c1-17-3-8-20(23(15-17)31-2)21-9-10-26(29-11-13-32-14-12-29)22(16-28-25(26)30)24(21)18-4-6-19(27)7-5-18/h3-8,15,21-22,24H,9-14,16H2,1-2H3,(H,28,30). The number of amides is 1. The second-order valence-electron chi connectivity index (χ2n) is 9.31. The Hall–Kier alpha value is -2.08. The van der Waals surface area contributed by atoms with Crippen LogP contribution < -0.4 is 10.1 Å². The van der Waals surface area contributed by atoms with Crippen molar-refractivity contribution in [3.8, 4) is 5.75 Å². The molecule has 1 aliphatic carbocycles. The normalized spacial score (nSPS) is 30.6. The molecule has 2 aliphatic heterocycles. The lowest BCUT2D eigenvalue weighted by atomic mass is 9.59. The molecule has 2 saturated heterocycles. The van der Waals surface area contributed by atoms with Gasteiger partial charge in [0.15, 0.2) is 0 Å². The van der Waals surface area contributed by atoms with Gasteiger partial charge < -0.3 is 14.8 Å². The molecule has 2 heterocycles. The van der Waals surface area contributed by atoms with Crippen molar-refractivity contribution >= 4 is 17.5 Å². The summed E-state index contributed by atoms with van der Waals surface area (Å²) in [4.78, 5) is 15.8. The number of carbonyl (C=O) groups excluding carboxylic acids is 1. The van der Waals surface area contributed by atoms with E-state index in [4.69, 9.17) is 21.1 Å². The van der Waals surface area contributed by atoms with E-state index in [1.807, 2.05) is 12.1 Å². The molecule has 6 heteroatoms. The molecule has 5 rings (SSSR count). The summed E-state index contributed by atoms with van der Waals surface area (Å²) >= 11 is 6.24. The topological polar surface area (TPSA) is 50.8 Å². The fraction of sp³-hybridized carbons (Fsp3) is 0.500. The van der Waals surface area contributed by atoms with E-state index in [1.54, 1.807) is 7.11 Å². The minimum Gasteiger partial charge on any atom is -0.496 e. The summed E-state index contributed by atoms with van der Waals surface area (Å²) in [5.41, 5.74) is 3.17. The average Bonchev–Trinajstić information content (AvgIpc) is 3.17. The Morgan fingerprint density at radius 1 is 1.16 bits per heavy atom. The number of nitrogens with zero attached hydrogens (tertiary/aromatic N) is 1. The lowest BCUT2D eigenvalue weighted by Crippen LogP contribution is -2.63. The number of rotatable bonds is 4. The number of halogens is 1. The van der Waals surface area contributed by atoms with Crippen molar-refractivity contribution in [3.63, 3.8) is 0 Å². The molecule has 0 aromatic heterocycles. The maximum absolute atomic E-state index is 13.4. The Bertz CT molecular complexity index is 989. The molecular weight excluding hydrogens is 424 g/mol. The van der Waals surface area contributed by atoms with Crippen molar-refractivity contribution in [2.45, 2.75) is 37.1 Å². The molecule has 0 bridgehead atoms. The van der Waals surface area contributed by atoms with Crippen molar-refractivity contribution < 1.29 is 14.3 Å². The first-order valence-electron chi connectivity index (χ1n) is 11.6. The molecule has 32 heavy (non-hydrogen) atoms. The number of methoxy groups -OCH3 is 1. The molecular formula is C26H31ClN2O3. The van der Waals surface area contributed by atoms with Crippen LogP contribution in [0.2, 0.25) is 5.02 Å². The first-order valence-corrected chi connectivity index (χ1v) is 11.9. The molecule has 4 unspecified atom stereocenters. The summed E-state index contributed by atoms with van der Waals surface area (Å²) in [5.74, 6) is 1.72. The predicted octanol–water partition coefficient (Wildman–Crippen LogP) is 4.14. The van der Waals surface area contributed by atoms with Gasteiger partial charge in [0.05, 0.1) is 20.3 Å². The molecule has 1 N–H and O–H groups in total. The Balaban J connectivity index is 1.62. The highest BCUT2D eigenvalue weighted by Gasteiger charge is 2.60. The summed E-state index contributed by atoms with van der Waals surface area (Å²) in [5, 5.41) is 3.97. The molecule has 1 saturated carbocycles. The molecule has 5 nitrogen and oxygen atoms in total. The van der Waals surface area contributed by atoms with Crippen molar-refractivity contribution in [1.29, 1.82) is 0 Å². The molecule has 170 valence electrons. The Kier molecular flexibility index (Phi) is 5.91. The zero-order chi connectivity index (χ0) is 22.3. The maximum Gasteiger partial charge on any atom is 0.240 e. The van der Waals surface area contributed by atoms with Crippen molar-refractivity contribution in [1.82, 2.24) is 10.2 Å². The van der Waals surface area contributed by atoms with E-state index >= 15 is 0 Å². The van der Waals surface area contributed by atoms with Crippen LogP contribution in [-0.2, 0) is 9.53 Å². The fourth-order valence-corrected chi connectivity index (χ4v) is 6.50. The van der Waals surface area contributed by atoms with Gasteiger partial charge in [-0.3, -0.25) is 9.69 Å². The number of nitrogens with one attached hydrogen (secondary N) is 1. The quantitative estimate of drug-likeness (QED) is 0.754. The van der Waals surface area contributed by atoms with E-state index in [-0.39, 0.29) is 23.7 Å². The Labute approximate surface area is 195 Å². The summed E-state index contributed by atoms with van der Waals surface area (Å²) in [6, 6.07) is 14.7. The van der Waals surface area contributed by atoms with Gasteiger partial charge in [0.1, 0.15) is 11.3 Å². The van der Waals surface area contributed by atoms with E-state index in [9.17, 15) is 4.79 Å². The van der Waals surface area contributed by atoms with Gasteiger partial charge in [-0.2, -0.15) is 0 Å². The second-order valence-corrected chi connectivity index (χ2v) is 9.74. The maximum atomic E-state index is 13.4. The fourth-order valence-electron chi connectivity index (χ4n) is 6.37. The molecule has 3 aliphatic rings. The number of aryl methyl sites for hydroxylation is 1. The highest BCUT2D eigenvalue weighted by Crippen LogP contribution is 2.56. The summed E-state index contributed by atoms with van der Waals surface area (Å²) in [6.45, 7) is 5.75. The summed E-state index contributed by atoms with van der Waals surface area (Å²) in [6.07, 6.45) is 1.77. The van der Waals surface area contributed by atoms with Gasteiger partial charge in [0.25, 0.3) is 0 Å². The van der Waals surface area contributed by atoms with Crippen LogP contribution in [0.3, 0.4) is 0 Å². The first kappa shape index (κ1) is 21.7. The highest BCUT2D eigenvalue weighted by atomic mass is 35.5. The zero-order valence-electron chi connectivity index (χ0n) is 18.8. The number of hydrogen-bond acceptors (Lipinski definition) is 4. The molecule has 0 radical (unpaired) electrons. The van der Waals surface area contributed by atoms with Crippen LogP contribution >= 0.6 is 11.6 Å². The number of hydrogen-bond donors (Lipinski definition) is 1. The van der Waals surface area contributed by atoms with E-state index < -0.39 is 5.54 Å². The lowest BCUT2D eigenvalue weighted by Gasteiger charge is -2.52. The van der Waals surface area contributed by atoms with Crippen molar-refractivity contribution in [3.05, 3.63) is 64.2 Å². The molecule has 4 atom stereocenters. The molecule has 1 amide bonds. The average molecular weight is 455 g/mol. The smallest absolute Gasteiger partial charge is 0.240 e. The first-order chi connectivity index (χ1) is 15.5. The number of ether oxygens (including phenoxy) is 2. The van der Waals surface area contributed by atoms with Gasteiger partial charge in [-0.05, 0) is 66.5 Å². The third-order valence-electron chi connectivity index (χ3n) is 7.81. The van der Waals surface area contributed by atoms with Crippen LogP contribution in [0.1, 0.15) is 41.4 Å². The largest absolute Gasteiger partial charge is 0.496 e. The number of benzene rings is 2. The second kappa shape index (κ2) is 8.69. The minimum absolute atomic E-state index is 0.166. The van der Waals surface area contributed by atoms with E-state index in [0.29, 0.717) is 19.8 Å². The molecule has 3 fully saturated rings. The summed E-state index contributed by atoms with van der Waals surface area (Å²) in [7, 11) is 1.75. The number of carbonyl (C=O) groups is 1. The minimum atomic E-state index is -0.484. The van der Waals surface area contributed by atoms with Crippen LogP contribution in [-0.4, -0.2) is 56.3 Å². The van der Waals surface area contributed by atoms with Crippen molar-refractivity contribution in [2.24, 2.45) is 5.92 Å². The van der Waals surface area contributed by atoms with Gasteiger partial charge in [0, 0.05) is 30.6 Å². The third-order valence-corrected chi connectivity index (χ3v) is 8.06. The van der Waals surface area contributed by atoms with Gasteiger partial charge in [-0.15, -0.1) is 0 Å². The van der Waals surface area contributed by atoms with Gasteiger partial charge in [-0.25, -0.2) is 0 Å². The van der Waals surface area contributed by atoms with Gasteiger partial charge in [-0.1, -0.05) is 35.9 Å². The van der Waals surface area contributed by atoms with E-state index in [2.05, 4.69) is 47.5 Å². The highest BCUT2D eigenvalue weighted by molar-refractivity contribution is 6.30. The summed E-state index contributed by atoms with van der Waals surface area (Å²) < 4.78 is 11.4. The van der Waals surface area contributed by atoms with Gasteiger partial charge in [0.2, 0.25) is 5.91 Å². The predicted molar refractivity (Wildman–Crippen MR) is 126 cm³/mol. The van der Waals surface area contributed by atoms with Crippen LogP contribution in [0.15, 0.2) is 42.5 Å². The van der Waals surface area contributed by atoms with Crippen LogP contribution in [0.25, 0.3) is 0 Å². The monoisotopic (exact) mass is 454 g/mol. The van der Waals surface area contributed by atoms with Crippen LogP contribution in [0.4, 0.5) is 0 Å². The van der Waals surface area contributed by atoms with Gasteiger partial charge >= 0.3 is 0 Å². The number of morpholine rings is 1.